The van der Waals surface area contributed by atoms with Gasteiger partial charge in [-0.05, 0) is 50.4 Å². The molecule has 0 heterocycles. The van der Waals surface area contributed by atoms with E-state index >= 15 is 0 Å². The van der Waals surface area contributed by atoms with E-state index in [1.807, 2.05) is 0 Å². The lowest BCUT2D eigenvalue weighted by Gasteiger charge is -2.22. The van der Waals surface area contributed by atoms with Gasteiger partial charge in [0, 0.05) is 12.1 Å². The number of rotatable bonds is 5. The fraction of sp³-hybridized carbons (Fsp3) is 1.00. The summed E-state index contributed by atoms with van der Waals surface area (Å²) < 4.78 is 0. The van der Waals surface area contributed by atoms with Crippen LogP contribution in [0.5, 0.6) is 0 Å². The van der Waals surface area contributed by atoms with E-state index in [0.717, 1.165) is 12.0 Å². The van der Waals surface area contributed by atoms with E-state index < -0.39 is 0 Å². The molecule has 2 atom stereocenters. The van der Waals surface area contributed by atoms with Crippen LogP contribution in [0.1, 0.15) is 66.7 Å². The van der Waals surface area contributed by atoms with E-state index in [9.17, 15) is 0 Å². The second-order valence-corrected chi connectivity index (χ2v) is 6.64. The summed E-state index contributed by atoms with van der Waals surface area (Å²) in [6.07, 6.45) is 6.80. The third-order valence-corrected chi connectivity index (χ3v) is 3.67. The van der Waals surface area contributed by atoms with Crippen molar-refractivity contribution in [2.45, 2.75) is 78.8 Å². The maximum Gasteiger partial charge on any atom is 0.00748 e. The predicted molar refractivity (Wildman–Crippen MR) is 68.1 cm³/mol. The minimum Gasteiger partial charge on any atom is -0.311 e. The van der Waals surface area contributed by atoms with E-state index in [1.165, 1.54) is 32.1 Å². The van der Waals surface area contributed by atoms with Crippen molar-refractivity contribution in [1.82, 2.24) is 5.32 Å². The zero-order valence-corrected chi connectivity index (χ0v) is 11.3. The Morgan fingerprint density at radius 1 is 1.20 bits per heavy atom. The molecular formula is C14H29N. The lowest BCUT2D eigenvalue weighted by Crippen LogP contribution is -2.35. The maximum absolute atomic E-state index is 3.79. The Morgan fingerprint density at radius 2 is 1.87 bits per heavy atom. The quantitative estimate of drug-likeness (QED) is 0.725. The Balaban J connectivity index is 2.19. The summed E-state index contributed by atoms with van der Waals surface area (Å²) in [5.41, 5.74) is 0.579. The van der Waals surface area contributed by atoms with Gasteiger partial charge in [-0.15, -0.1) is 0 Å². The Bertz CT molecular complexity index is 184. The topological polar surface area (TPSA) is 12.0 Å². The van der Waals surface area contributed by atoms with Crippen LogP contribution < -0.4 is 5.32 Å². The first-order valence-corrected chi connectivity index (χ1v) is 6.65. The molecule has 1 aliphatic rings. The van der Waals surface area contributed by atoms with Crippen molar-refractivity contribution >= 4 is 0 Å². The van der Waals surface area contributed by atoms with Gasteiger partial charge in [-0.25, -0.2) is 0 Å². The van der Waals surface area contributed by atoms with Crippen LogP contribution >= 0.6 is 0 Å². The van der Waals surface area contributed by atoms with E-state index in [-0.39, 0.29) is 0 Å². The molecule has 1 rings (SSSR count). The first-order chi connectivity index (χ1) is 6.89. The Kier molecular flexibility index (Phi) is 4.64. The molecule has 1 fully saturated rings. The summed E-state index contributed by atoms with van der Waals surface area (Å²) in [4.78, 5) is 0. The number of hydrogen-bond acceptors (Lipinski definition) is 1. The lowest BCUT2D eigenvalue weighted by atomic mass is 9.91. The van der Waals surface area contributed by atoms with Gasteiger partial charge in [-0.3, -0.25) is 0 Å². The normalized spacial score (nSPS) is 27.2. The Morgan fingerprint density at radius 3 is 2.33 bits per heavy atom. The minimum absolute atomic E-state index is 0.579. The van der Waals surface area contributed by atoms with Crippen molar-refractivity contribution in [1.29, 1.82) is 0 Å². The molecule has 1 saturated carbocycles. The van der Waals surface area contributed by atoms with Crippen LogP contribution in [0, 0.1) is 11.3 Å². The highest BCUT2D eigenvalue weighted by Crippen LogP contribution is 2.37. The van der Waals surface area contributed by atoms with Crippen LogP contribution in [0.15, 0.2) is 0 Å². The molecule has 0 aromatic rings. The van der Waals surface area contributed by atoms with Gasteiger partial charge in [-0.1, -0.05) is 27.7 Å². The maximum atomic E-state index is 3.79. The molecule has 90 valence electrons. The van der Waals surface area contributed by atoms with Crippen molar-refractivity contribution in [3.05, 3.63) is 0 Å². The molecule has 15 heavy (non-hydrogen) atoms. The zero-order valence-electron chi connectivity index (χ0n) is 11.3. The molecule has 1 N–H and O–H groups in total. The van der Waals surface area contributed by atoms with Crippen molar-refractivity contribution in [3.63, 3.8) is 0 Å². The molecule has 0 spiro atoms. The lowest BCUT2D eigenvalue weighted by molar-refractivity contribution is 0.346. The van der Waals surface area contributed by atoms with Crippen LogP contribution in [-0.4, -0.2) is 12.1 Å². The van der Waals surface area contributed by atoms with Crippen LogP contribution in [0.3, 0.4) is 0 Å². The van der Waals surface area contributed by atoms with Gasteiger partial charge in [0.2, 0.25) is 0 Å². The molecule has 0 aromatic heterocycles. The zero-order chi connectivity index (χ0) is 11.5. The molecule has 1 heteroatoms. The SMILES string of the molecule is CC(C)CCC(C)NC1CCC(C)(C)C1. The highest BCUT2D eigenvalue weighted by molar-refractivity contribution is 4.87. The molecule has 0 radical (unpaired) electrons. The molecule has 0 aliphatic heterocycles. The van der Waals surface area contributed by atoms with Gasteiger partial charge in [0.05, 0.1) is 0 Å². The fourth-order valence-electron chi connectivity index (χ4n) is 2.65. The van der Waals surface area contributed by atoms with E-state index in [2.05, 4.69) is 39.9 Å². The van der Waals surface area contributed by atoms with Gasteiger partial charge in [0.15, 0.2) is 0 Å². The number of nitrogens with one attached hydrogen (secondary N) is 1. The largest absolute Gasteiger partial charge is 0.311 e. The van der Waals surface area contributed by atoms with E-state index in [0.29, 0.717) is 11.5 Å². The highest BCUT2D eigenvalue weighted by atomic mass is 14.9. The van der Waals surface area contributed by atoms with Crippen LogP contribution in [0.2, 0.25) is 0 Å². The summed E-state index contributed by atoms with van der Waals surface area (Å²) in [5, 5.41) is 3.79. The monoisotopic (exact) mass is 211 g/mol. The summed E-state index contributed by atoms with van der Waals surface area (Å²) in [6.45, 7) is 11.8. The summed E-state index contributed by atoms with van der Waals surface area (Å²) in [7, 11) is 0. The standard InChI is InChI=1S/C14H29N/c1-11(2)6-7-12(3)15-13-8-9-14(4,5)10-13/h11-13,15H,6-10H2,1-5H3. The van der Waals surface area contributed by atoms with E-state index in [4.69, 9.17) is 0 Å². The van der Waals surface area contributed by atoms with Gasteiger partial charge in [0.1, 0.15) is 0 Å². The van der Waals surface area contributed by atoms with Crippen LogP contribution in [0.4, 0.5) is 0 Å². The van der Waals surface area contributed by atoms with Crippen molar-refractivity contribution in [2.75, 3.05) is 0 Å². The summed E-state index contributed by atoms with van der Waals surface area (Å²) in [5.74, 6) is 0.842. The average Bonchev–Trinajstić information content (AvgIpc) is 2.42. The van der Waals surface area contributed by atoms with Gasteiger partial charge >= 0.3 is 0 Å². The molecule has 0 amide bonds. The van der Waals surface area contributed by atoms with Crippen LogP contribution in [0.25, 0.3) is 0 Å². The second kappa shape index (κ2) is 5.34. The highest BCUT2D eigenvalue weighted by Gasteiger charge is 2.31. The number of hydrogen-bond donors (Lipinski definition) is 1. The first kappa shape index (κ1) is 13.0. The summed E-state index contributed by atoms with van der Waals surface area (Å²) >= 11 is 0. The molecule has 0 saturated heterocycles. The molecule has 1 aliphatic carbocycles. The van der Waals surface area contributed by atoms with Gasteiger partial charge in [0.25, 0.3) is 0 Å². The molecule has 0 bridgehead atoms. The van der Waals surface area contributed by atoms with Crippen LogP contribution in [-0.2, 0) is 0 Å². The van der Waals surface area contributed by atoms with Gasteiger partial charge < -0.3 is 5.32 Å². The minimum atomic E-state index is 0.579. The Labute approximate surface area is 96.0 Å². The first-order valence-electron chi connectivity index (χ1n) is 6.65. The predicted octanol–water partition coefficient (Wildman–Crippen LogP) is 3.98. The molecule has 1 nitrogen and oxygen atoms in total. The summed E-state index contributed by atoms with van der Waals surface area (Å²) in [6, 6.07) is 1.48. The average molecular weight is 211 g/mol. The molecule has 2 unspecified atom stereocenters. The molecular weight excluding hydrogens is 182 g/mol. The Hall–Kier alpha value is -0.0400. The molecule has 0 aromatic carbocycles. The third-order valence-electron chi connectivity index (χ3n) is 3.67. The fourth-order valence-corrected chi connectivity index (χ4v) is 2.65. The third kappa shape index (κ3) is 5.01. The van der Waals surface area contributed by atoms with Crippen molar-refractivity contribution < 1.29 is 0 Å². The smallest absolute Gasteiger partial charge is 0.00748 e. The van der Waals surface area contributed by atoms with Crippen molar-refractivity contribution in [3.8, 4) is 0 Å². The van der Waals surface area contributed by atoms with Crippen molar-refractivity contribution in [2.24, 2.45) is 11.3 Å². The second-order valence-electron chi connectivity index (χ2n) is 6.64. The van der Waals surface area contributed by atoms with Gasteiger partial charge in [-0.2, -0.15) is 0 Å². The van der Waals surface area contributed by atoms with E-state index in [1.54, 1.807) is 0 Å².